The molecule has 0 fully saturated rings. The van der Waals surface area contributed by atoms with Crippen molar-refractivity contribution in [1.82, 2.24) is 9.97 Å². The Morgan fingerprint density at radius 1 is 1.25 bits per heavy atom. The molecule has 2 rings (SSSR count). The summed E-state index contributed by atoms with van der Waals surface area (Å²) in [5.41, 5.74) is 2.22. The minimum atomic E-state index is -0.425. The fourth-order valence-electron chi connectivity index (χ4n) is 1.97. The molecule has 0 aliphatic rings. The van der Waals surface area contributed by atoms with Crippen molar-refractivity contribution in [1.29, 1.82) is 0 Å². The van der Waals surface area contributed by atoms with E-state index in [2.05, 4.69) is 9.97 Å². The van der Waals surface area contributed by atoms with E-state index in [1.54, 1.807) is 21.0 Å². The van der Waals surface area contributed by atoms with Crippen LogP contribution in [0.5, 0.6) is 5.75 Å². The molecule has 5 heteroatoms. The predicted octanol–water partition coefficient (Wildman–Crippen LogP) is 2.64. The molecule has 2 aromatic rings. The van der Waals surface area contributed by atoms with Crippen LogP contribution >= 0.6 is 0 Å². The molecule has 5 nitrogen and oxygen atoms in total. The van der Waals surface area contributed by atoms with Crippen molar-refractivity contribution in [3.8, 4) is 17.0 Å². The number of ether oxygens (including phenoxy) is 2. The number of carbonyl (C=O) groups excluding carboxylic acids is 1. The van der Waals surface area contributed by atoms with Crippen LogP contribution in [0, 0.1) is 6.92 Å². The van der Waals surface area contributed by atoms with Crippen molar-refractivity contribution in [3.05, 3.63) is 41.9 Å². The van der Waals surface area contributed by atoms with Crippen molar-refractivity contribution in [3.63, 3.8) is 0 Å². The third-order valence-electron chi connectivity index (χ3n) is 2.88. The minimum absolute atomic E-state index is 0.304. The zero-order chi connectivity index (χ0) is 14.5. The molecule has 0 aliphatic carbocycles. The van der Waals surface area contributed by atoms with Gasteiger partial charge in [0.05, 0.1) is 25.1 Å². The second kappa shape index (κ2) is 6.14. The van der Waals surface area contributed by atoms with E-state index in [4.69, 9.17) is 9.47 Å². The van der Waals surface area contributed by atoms with Gasteiger partial charge in [0.2, 0.25) is 0 Å². The van der Waals surface area contributed by atoms with E-state index < -0.39 is 5.97 Å². The first-order valence-electron chi connectivity index (χ1n) is 6.31. The van der Waals surface area contributed by atoms with Crippen LogP contribution in [0.25, 0.3) is 11.3 Å². The van der Waals surface area contributed by atoms with E-state index in [0.717, 1.165) is 5.56 Å². The number of para-hydroxylation sites is 1. The van der Waals surface area contributed by atoms with Gasteiger partial charge in [0.15, 0.2) is 0 Å². The highest BCUT2D eigenvalue weighted by atomic mass is 16.5. The van der Waals surface area contributed by atoms with Gasteiger partial charge in [-0.25, -0.2) is 14.8 Å². The molecule has 0 saturated heterocycles. The average molecular weight is 272 g/mol. The first kappa shape index (κ1) is 14.0. The van der Waals surface area contributed by atoms with Crippen LogP contribution in [0.15, 0.2) is 30.6 Å². The normalized spacial score (nSPS) is 10.2. The monoisotopic (exact) mass is 272 g/mol. The number of nitrogens with zero attached hydrogens (tertiary/aromatic N) is 2. The molecule has 0 amide bonds. The van der Waals surface area contributed by atoms with Gasteiger partial charge in [0, 0.05) is 5.56 Å². The van der Waals surface area contributed by atoms with Crippen molar-refractivity contribution >= 4 is 5.97 Å². The Labute approximate surface area is 117 Å². The van der Waals surface area contributed by atoms with Gasteiger partial charge in [-0.2, -0.15) is 0 Å². The molecule has 0 atom stereocenters. The number of benzene rings is 1. The van der Waals surface area contributed by atoms with E-state index in [1.165, 1.54) is 6.33 Å². The van der Waals surface area contributed by atoms with Crippen LogP contribution < -0.4 is 4.74 Å². The van der Waals surface area contributed by atoms with Gasteiger partial charge in [-0.05, 0) is 26.0 Å². The van der Waals surface area contributed by atoms with Crippen LogP contribution in [0.2, 0.25) is 0 Å². The standard InChI is InChI=1S/C15H16N2O3/c1-4-20-15(18)13-10(2)16-9-17-14(13)11-7-5-6-8-12(11)19-3/h5-9H,4H2,1-3H3. The molecular weight excluding hydrogens is 256 g/mol. The molecule has 0 saturated carbocycles. The Morgan fingerprint density at radius 3 is 2.70 bits per heavy atom. The van der Waals surface area contributed by atoms with Gasteiger partial charge < -0.3 is 9.47 Å². The summed E-state index contributed by atoms with van der Waals surface area (Å²) in [5.74, 6) is 0.225. The van der Waals surface area contributed by atoms with E-state index in [-0.39, 0.29) is 0 Å². The lowest BCUT2D eigenvalue weighted by molar-refractivity contribution is 0.0525. The Balaban J connectivity index is 2.62. The van der Waals surface area contributed by atoms with Crippen LogP contribution in [-0.4, -0.2) is 29.7 Å². The number of aromatic nitrogens is 2. The highest BCUT2D eigenvalue weighted by molar-refractivity contribution is 5.97. The molecule has 0 unspecified atom stereocenters. The SMILES string of the molecule is CCOC(=O)c1c(C)ncnc1-c1ccccc1OC. The lowest BCUT2D eigenvalue weighted by Crippen LogP contribution is -2.11. The fourth-order valence-corrected chi connectivity index (χ4v) is 1.97. The van der Waals surface area contributed by atoms with E-state index >= 15 is 0 Å². The number of carbonyl (C=O) groups is 1. The number of hydrogen-bond donors (Lipinski definition) is 0. The lowest BCUT2D eigenvalue weighted by Gasteiger charge is -2.12. The lowest BCUT2D eigenvalue weighted by atomic mass is 10.0. The molecule has 0 radical (unpaired) electrons. The van der Waals surface area contributed by atoms with Crippen molar-refractivity contribution < 1.29 is 14.3 Å². The molecule has 0 bridgehead atoms. The number of hydrogen-bond acceptors (Lipinski definition) is 5. The van der Waals surface area contributed by atoms with E-state index in [0.29, 0.717) is 29.3 Å². The highest BCUT2D eigenvalue weighted by Crippen LogP contribution is 2.31. The fraction of sp³-hybridized carbons (Fsp3) is 0.267. The van der Waals surface area contributed by atoms with Crippen LogP contribution in [-0.2, 0) is 4.74 Å². The molecule has 1 aromatic carbocycles. The number of esters is 1. The zero-order valence-electron chi connectivity index (χ0n) is 11.7. The summed E-state index contributed by atoms with van der Waals surface area (Å²) in [6, 6.07) is 7.40. The number of methoxy groups -OCH3 is 1. The quantitative estimate of drug-likeness (QED) is 0.801. The van der Waals surface area contributed by atoms with E-state index in [1.807, 2.05) is 24.3 Å². The average Bonchev–Trinajstić information content (AvgIpc) is 2.47. The molecule has 0 spiro atoms. The first-order chi connectivity index (χ1) is 9.69. The number of rotatable bonds is 4. The van der Waals surface area contributed by atoms with Crippen LogP contribution in [0.1, 0.15) is 23.0 Å². The summed E-state index contributed by atoms with van der Waals surface area (Å²) in [5, 5.41) is 0. The van der Waals surface area contributed by atoms with Crippen molar-refractivity contribution in [2.75, 3.05) is 13.7 Å². The Bertz CT molecular complexity index is 626. The van der Waals surface area contributed by atoms with Crippen molar-refractivity contribution in [2.45, 2.75) is 13.8 Å². The molecule has 0 N–H and O–H groups in total. The first-order valence-corrected chi connectivity index (χ1v) is 6.31. The predicted molar refractivity (Wildman–Crippen MR) is 74.7 cm³/mol. The maximum absolute atomic E-state index is 12.1. The summed E-state index contributed by atoms with van der Waals surface area (Å²) in [4.78, 5) is 20.4. The summed E-state index contributed by atoms with van der Waals surface area (Å²) in [6.45, 7) is 3.82. The van der Waals surface area contributed by atoms with Gasteiger partial charge in [-0.1, -0.05) is 12.1 Å². The van der Waals surface area contributed by atoms with Crippen LogP contribution in [0.4, 0.5) is 0 Å². The highest BCUT2D eigenvalue weighted by Gasteiger charge is 2.21. The van der Waals surface area contributed by atoms with Gasteiger partial charge in [0.25, 0.3) is 0 Å². The maximum Gasteiger partial charge on any atom is 0.342 e. The maximum atomic E-state index is 12.1. The molecule has 1 aromatic heterocycles. The Morgan fingerprint density at radius 2 is 2.00 bits per heavy atom. The van der Waals surface area contributed by atoms with Crippen LogP contribution in [0.3, 0.4) is 0 Å². The number of aryl methyl sites for hydroxylation is 1. The summed E-state index contributed by atoms with van der Waals surface area (Å²) in [7, 11) is 1.58. The summed E-state index contributed by atoms with van der Waals surface area (Å²) >= 11 is 0. The molecule has 104 valence electrons. The molecular formula is C15H16N2O3. The molecule has 0 aliphatic heterocycles. The third-order valence-corrected chi connectivity index (χ3v) is 2.88. The Kier molecular flexibility index (Phi) is 4.30. The van der Waals surface area contributed by atoms with Gasteiger partial charge in [-0.15, -0.1) is 0 Å². The van der Waals surface area contributed by atoms with Gasteiger partial charge in [0.1, 0.15) is 17.6 Å². The van der Waals surface area contributed by atoms with Gasteiger partial charge in [-0.3, -0.25) is 0 Å². The Hall–Kier alpha value is -2.43. The second-order valence-electron chi connectivity index (χ2n) is 4.10. The topological polar surface area (TPSA) is 61.3 Å². The largest absolute Gasteiger partial charge is 0.496 e. The van der Waals surface area contributed by atoms with Gasteiger partial charge >= 0.3 is 5.97 Å². The van der Waals surface area contributed by atoms with E-state index in [9.17, 15) is 4.79 Å². The zero-order valence-corrected chi connectivity index (χ0v) is 11.7. The van der Waals surface area contributed by atoms with Crippen molar-refractivity contribution in [2.24, 2.45) is 0 Å². The third kappa shape index (κ3) is 2.61. The minimum Gasteiger partial charge on any atom is -0.496 e. The molecule has 1 heterocycles. The second-order valence-corrected chi connectivity index (χ2v) is 4.10. The molecule has 20 heavy (non-hydrogen) atoms. The summed E-state index contributed by atoms with van der Waals surface area (Å²) < 4.78 is 10.4. The smallest absolute Gasteiger partial charge is 0.342 e. The summed E-state index contributed by atoms with van der Waals surface area (Å²) in [6.07, 6.45) is 1.43.